The van der Waals surface area contributed by atoms with Crippen LogP contribution in [-0.4, -0.2) is 43.2 Å². The molecule has 0 radical (unpaired) electrons. The van der Waals surface area contributed by atoms with Crippen molar-refractivity contribution in [1.29, 1.82) is 0 Å². The Labute approximate surface area is 221 Å². The molecular formula is C30H30ClFN2O3. The number of pyridine rings is 1. The number of benzene rings is 3. The topological polar surface area (TPSA) is 47.5 Å². The number of aliphatic hydroxyl groups excluding tert-OH is 1. The summed E-state index contributed by atoms with van der Waals surface area (Å²) in [6, 6.07) is 21.5. The number of aliphatic hydroxyl groups is 1. The van der Waals surface area contributed by atoms with Crippen molar-refractivity contribution in [3.8, 4) is 0 Å². The summed E-state index contributed by atoms with van der Waals surface area (Å²) in [5, 5.41) is 12.4. The maximum Gasteiger partial charge on any atom is 0.213 e. The normalized spacial score (nSPS) is 11.6. The summed E-state index contributed by atoms with van der Waals surface area (Å²) in [6.45, 7) is 2.99. The highest BCUT2D eigenvalue weighted by atomic mass is 35.5. The zero-order chi connectivity index (χ0) is 24.9. The monoisotopic (exact) mass is 520 g/mol. The highest BCUT2D eigenvalue weighted by Crippen LogP contribution is 2.31. The Balaban J connectivity index is 0.00000320. The summed E-state index contributed by atoms with van der Waals surface area (Å²) in [6.07, 6.45) is 6.21. The van der Waals surface area contributed by atoms with Gasteiger partial charge in [0.05, 0.1) is 25.2 Å². The standard InChI is InChI=1S/C30H30FN2O3.ClH/c1-35-18-19-36-17-15-33-29-10-7-22(20-26(29)27-21-24(31)9-11-30(27)33)6-8-23-12-13-32(14-16-34)28-5-3-2-4-25(23)28;/h2-13,20-21,34H,14-19H2,1H3;1H/q+1;/p-1. The molecule has 0 fully saturated rings. The zero-order valence-corrected chi connectivity index (χ0v) is 21.5. The van der Waals surface area contributed by atoms with E-state index in [0.29, 0.717) is 32.9 Å². The number of nitrogens with zero attached hydrogens (tertiary/aromatic N) is 2. The molecule has 0 spiro atoms. The lowest BCUT2D eigenvalue weighted by Gasteiger charge is -2.08. The van der Waals surface area contributed by atoms with E-state index in [-0.39, 0.29) is 24.8 Å². The van der Waals surface area contributed by atoms with Crippen molar-refractivity contribution < 1.29 is 35.9 Å². The number of ether oxygens (including phenoxy) is 2. The Bertz CT molecular complexity index is 1550. The van der Waals surface area contributed by atoms with Gasteiger partial charge in [-0.05, 0) is 47.5 Å². The smallest absolute Gasteiger partial charge is 0.213 e. The predicted molar refractivity (Wildman–Crippen MR) is 142 cm³/mol. The largest absolute Gasteiger partial charge is 1.00 e. The third-order valence-electron chi connectivity index (χ3n) is 6.50. The maximum atomic E-state index is 14.2. The van der Waals surface area contributed by atoms with Crippen LogP contribution in [0.1, 0.15) is 11.1 Å². The third-order valence-corrected chi connectivity index (χ3v) is 6.50. The van der Waals surface area contributed by atoms with E-state index < -0.39 is 0 Å². The van der Waals surface area contributed by atoms with Gasteiger partial charge in [0.15, 0.2) is 12.7 Å². The van der Waals surface area contributed by atoms with Crippen LogP contribution >= 0.6 is 0 Å². The SMILES string of the molecule is COCCOCCn1c2ccc(F)cc2c2cc(C=Cc3cc[n+](CCO)c4ccccc34)ccc21.[Cl-]. The van der Waals surface area contributed by atoms with Crippen LogP contribution in [0.3, 0.4) is 0 Å². The number of para-hydroxylation sites is 1. The Morgan fingerprint density at radius 2 is 1.68 bits per heavy atom. The summed E-state index contributed by atoms with van der Waals surface area (Å²) in [5.74, 6) is -0.245. The van der Waals surface area contributed by atoms with Gasteiger partial charge in [-0.2, -0.15) is 4.57 Å². The van der Waals surface area contributed by atoms with E-state index in [1.54, 1.807) is 13.2 Å². The molecule has 0 unspecified atom stereocenters. The van der Waals surface area contributed by atoms with Gasteiger partial charge in [-0.25, -0.2) is 4.39 Å². The summed E-state index contributed by atoms with van der Waals surface area (Å²) < 4.78 is 29.2. The number of methoxy groups -OCH3 is 1. The molecular weight excluding hydrogens is 491 g/mol. The quantitative estimate of drug-likeness (QED) is 0.227. The molecule has 5 rings (SSSR count). The first kappa shape index (κ1) is 26.8. The van der Waals surface area contributed by atoms with Crippen LogP contribution in [0.2, 0.25) is 0 Å². The van der Waals surface area contributed by atoms with Crippen LogP contribution in [-0.2, 0) is 22.6 Å². The Kier molecular flexibility index (Phi) is 8.90. The molecule has 37 heavy (non-hydrogen) atoms. The van der Waals surface area contributed by atoms with Crippen LogP contribution < -0.4 is 17.0 Å². The lowest BCUT2D eigenvalue weighted by atomic mass is 10.1. The van der Waals surface area contributed by atoms with Crippen molar-refractivity contribution in [3.05, 3.63) is 89.9 Å². The lowest BCUT2D eigenvalue weighted by Crippen LogP contribution is -3.00. The van der Waals surface area contributed by atoms with E-state index in [4.69, 9.17) is 9.47 Å². The van der Waals surface area contributed by atoms with Crippen LogP contribution in [0.4, 0.5) is 4.39 Å². The molecule has 0 saturated heterocycles. The third kappa shape index (κ3) is 5.68. The fraction of sp³-hybridized carbons (Fsp3) is 0.233. The molecule has 2 heterocycles. The summed E-state index contributed by atoms with van der Waals surface area (Å²) >= 11 is 0. The number of fused-ring (bicyclic) bond motifs is 4. The molecule has 1 N–H and O–H groups in total. The highest BCUT2D eigenvalue weighted by Gasteiger charge is 2.13. The van der Waals surface area contributed by atoms with Gasteiger partial charge in [0, 0.05) is 47.6 Å². The van der Waals surface area contributed by atoms with E-state index in [2.05, 4.69) is 57.7 Å². The molecule has 0 atom stereocenters. The first-order chi connectivity index (χ1) is 17.7. The predicted octanol–water partition coefficient (Wildman–Crippen LogP) is 2.20. The van der Waals surface area contributed by atoms with Gasteiger partial charge in [-0.15, -0.1) is 0 Å². The molecule has 0 aliphatic carbocycles. The van der Waals surface area contributed by atoms with Crippen molar-refractivity contribution in [2.24, 2.45) is 0 Å². The van der Waals surface area contributed by atoms with Crippen molar-refractivity contribution in [3.63, 3.8) is 0 Å². The summed E-state index contributed by atoms with van der Waals surface area (Å²) in [4.78, 5) is 0. The van der Waals surface area contributed by atoms with Gasteiger partial charge in [-0.3, -0.25) is 0 Å². The molecule has 0 aliphatic rings. The zero-order valence-electron chi connectivity index (χ0n) is 20.7. The minimum Gasteiger partial charge on any atom is -1.00 e. The second kappa shape index (κ2) is 12.3. The summed E-state index contributed by atoms with van der Waals surface area (Å²) in [5.41, 5.74) is 5.26. The van der Waals surface area contributed by atoms with E-state index in [1.165, 1.54) is 6.07 Å². The molecule has 2 aromatic heterocycles. The highest BCUT2D eigenvalue weighted by molar-refractivity contribution is 6.09. The molecule has 7 heteroatoms. The molecule has 5 nitrogen and oxygen atoms in total. The number of hydrogen-bond donors (Lipinski definition) is 1. The molecule has 0 bridgehead atoms. The van der Waals surface area contributed by atoms with Gasteiger partial charge in [-0.1, -0.05) is 30.4 Å². The van der Waals surface area contributed by atoms with Crippen molar-refractivity contribution in [2.45, 2.75) is 13.1 Å². The van der Waals surface area contributed by atoms with E-state index in [1.807, 2.05) is 24.4 Å². The fourth-order valence-corrected chi connectivity index (χ4v) is 4.78. The van der Waals surface area contributed by atoms with Gasteiger partial charge in [0.25, 0.3) is 0 Å². The minimum absolute atomic E-state index is 0. The van der Waals surface area contributed by atoms with E-state index in [9.17, 15) is 9.50 Å². The number of halogens is 2. The van der Waals surface area contributed by atoms with Crippen LogP contribution in [0, 0.1) is 5.82 Å². The minimum atomic E-state index is -0.245. The fourth-order valence-electron chi connectivity index (χ4n) is 4.78. The lowest BCUT2D eigenvalue weighted by molar-refractivity contribution is -0.672. The van der Waals surface area contributed by atoms with Crippen LogP contribution in [0.15, 0.2) is 72.9 Å². The molecule has 0 aliphatic heterocycles. The average Bonchev–Trinajstić information content (AvgIpc) is 3.20. The number of hydrogen-bond acceptors (Lipinski definition) is 3. The van der Waals surface area contributed by atoms with Crippen LogP contribution in [0.5, 0.6) is 0 Å². The molecule has 5 aromatic rings. The second-order valence-corrected chi connectivity index (χ2v) is 8.73. The average molecular weight is 521 g/mol. The van der Waals surface area contributed by atoms with Gasteiger partial charge in [0.2, 0.25) is 5.52 Å². The Hall–Kier alpha value is -3.29. The first-order valence-corrected chi connectivity index (χ1v) is 12.2. The maximum absolute atomic E-state index is 14.2. The second-order valence-electron chi connectivity index (χ2n) is 8.73. The summed E-state index contributed by atoms with van der Waals surface area (Å²) in [7, 11) is 1.66. The number of aromatic nitrogens is 2. The van der Waals surface area contributed by atoms with Gasteiger partial charge >= 0.3 is 0 Å². The molecule has 192 valence electrons. The molecule has 3 aromatic carbocycles. The van der Waals surface area contributed by atoms with Crippen molar-refractivity contribution in [1.82, 2.24) is 4.57 Å². The Morgan fingerprint density at radius 3 is 2.49 bits per heavy atom. The van der Waals surface area contributed by atoms with Crippen LogP contribution in [0.25, 0.3) is 44.9 Å². The molecule has 0 saturated carbocycles. The van der Waals surface area contributed by atoms with E-state index >= 15 is 0 Å². The van der Waals surface area contributed by atoms with Crippen molar-refractivity contribution in [2.75, 3.05) is 33.5 Å². The number of rotatable bonds is 10. The van der Waals surface area contributed by atoms with Gasteiger partial charge in [0.1, 0.15) is 12.4 Å². The first-order valence-electron chi connectivity index (χ1n) is 12.2. The van der Waals surface area contributed by atoms with Gasteiger partial charge < -0.3 is 31.6 Å². The van der Waals surface area contributed by atoms with Crippen molar-refractivity contribution >= 4 is 44.9 Å². The molecule has 0 amide bonds. The Morgan fingerprint density at radius 1 is 0.892 bits per heavy atom. The van der Waals surface area contributed by atoms with E-state index in [0.717, 1.165) is 43.8 Å².